The van der Waals surface area contributed by atoms with Gasteiger partial charge in [0.25, 0.3) is 6.10 Å². The number of rotatable bonds is 8. The van der Waals surface area contributed by atoms with Crippen LogP contribution < -0.4 is 5.32 Å². The number of nitrogens with one attached hydrogen (secondary N) is 1. The Morgan fingerprint density at radius 1 is 1.10 bits per heavy atom. The maximum Gasteiger partial charge on any atom is 0.347 e. The van der Waals surface area contributed by atoms with Crippen molar-refractivity contribution in [1.29, 1.82) is 0 Å². The molecule has 0 saturated heterocycles. The summed E-state index contributed by atoms with van der Waals surface area (Å²) in [5.74, 6) is -1.98. The largest absolute Gasteiger partial charge is 0.464 e. The van der Waals surface area contributed by atoms with Gasteiger partial charge in [-0.15, -0.1) is 0 Å². The van der Waals surface area contributed by atoms with E-state index in [1.807, 2.05) is 0 Å². The van der Waals surface area contributed by atoms with Crippen LogP contribution >= 0.6 is 0 Å². The second kappa shape index (κ2) is 8.91. The standard InChI is InChI=1S/C14H18FNO5/c1-3-19-13(17)12(14(18)20-4-2)21-9-16-11-7-5-10(15)6-8-11/h5-8,12,16H,3-4,9H2,1-2H3. The van der Waals surface area contributed by atoms with Crippen LogP contribution in [0.3, 0.4) is 0 Å². The van der Waals surface area contributed by atoms with Gasteiger partial charge in [0.1, 0.15) is 12.5 Å². The third-order valence-corrected chi connectivity index (χ3v) is 2.37. The van der Waals surface area contributed by atoms with E-state index in [9.17, 15) is 14.0 Å². The molecule has 0 spiro atoms. The van der Waals surface area contributed by atoms with Crippen molar-refractivity contribution in [2.45, 2.75) is 20.0 Å². The van der Waals surface area contributed by atoms with Gasteiger partial charge in [-0.1, -0.05) is 0 Å². The fraction of sp³-hybridized carbons (Fsp3) is 0.429. The molecule has 0 heterocycles. The molecule has 0 amide bonds. The predicted octanol–water partition coefficient (Wildman–Crippen LogP) is 1.71. The molecule has 0 atom stereocenters. The highest BCUT2D eigenvalue weighted by Gasteiger charge is 2.30. The maximum atomic E-state index is 12.7. The topological polar surface area (TPSA) is 73.9 Å². The Bertz CT molecular complexity index is 445. The normalized spacial score (nSPS) is 10.3. The first-order valence-corrected chi connectivity index (χ1v) is 6.52. The summed E-state index contributed by atoms with van der Waals surface area (Å²) in [5, 5.41) is 2.79. The number of ether oxygens (including phenoxy) is 3. The number of anilines is 1. The third-order valence-electron chi connectivity index (χ3n) is 2.37. The summed E-state index contributed by atoms with van der Waals surface area (Å²) in [6, 6.07) is 5.55. The van der Waals surface area contributed by atoms with E-state index < -0.39 is 18.0 Å². The maximum absolute atomic E-state index is 12.7. The first-order valence-electron chi connectivity index (χ1n) is 6.52. The van der Waals surface area contributed by atoms with Gasteiger partial charge in [-0.05, 0) is 38.1 Å². The van der Waals surface area contributed by atoms with Gasteiger partial charge in [0.2, 0.25) is 0 Å². The van der Waals surface area contributed by atoms with Gasteiger partial charge < -0.3 is 19.5 Å². The van der Waals surface area contributed by atoms with E-state index in [2.05, 4.69) is 5.32 Å². The van der Waals surface area contributed by atoms with E-state index >= 15 is 0 Å². The molecule has 0 aliphatic carbocycles. The molecule has 6 nitrogen and oxygen atoms in total. The highest BCUT2D eigenvalue weighted by Crippen LogP contribution is 2.08. The summed E-state index contributed by atoms with van der Waals surface area (Å²) in [6.07, 6.45) is -1.45. The summed E-state index contributed by atoms with van der Waals surface area (Å²) in [6.45, 7) is 3.37. The average molecular weight is 299 g/mol. The quantitative estimate of drug-likeness (QED) is 0.447. The lowest BCUT2D eigenvalue weighted by molar-refractivity contribution is -0.172. The first kappa shape index (κ1) is 16.9. The zero-order chi connectivity index (χ0) is 15.7. The van der Waals surface area contributed by atoms with Gasteiger partial charge in [-0.3, -0.25) is 0 Å². The van der Waals surface area contributed by atoms with Gasteiger partial charge in [0.05, 0.1) is 13.2 Å². The van der Waals surface area contributed by atoms with E-state index in [1.165, 1.54) is 24.3 Å². The van der Waals surface area contributed by atoms with Crippen LogP contribution in [0.1, 0.15) is 13.8 Å². The van der Waals surface area contributed by atoms with Crippen LogP contribution in [0.4, 0.5) is 10.1 Å². The zero-order valence-electron chi connectivity index (χ0n) is 11.9. The highest BCUT2D eigenvalue weighted by molar-refractivity contribution is 5.98. The molecule has 1 aromatic carbocycles. The molecular weight excluding hydrogens is 281 g/mol. The molecule has 0 saturated carbocycles. The summed E-state index contributed by atoms with van der Waals surface area (Å²) < 4.78 is 27.4. The molecule has 1 aromatic rings. The fourth-order valence-corrected chi connectivity index (χ4v) is 1.44. The van der Waals surface area contributed by atoms with Crippen molar-refractivity contribution < 1.29 is 28.2 Å². The monoisotopic (exact) mass is 299 g/mol. The first-order chi connectivity index (χ1) is 10.1. The molecule has 0 bridgehead atoms. The van der Waals surface area contributed by atoms with Gasteiger partial charge in [0, 0.05) is 5.69 Å². The van der Waals surface area contributed by atoms with Gasteiger partial charge in [0.15, 0.2) is 0 Å². The molecule has 21 heavy (non-hydrogen) atoms. The molecule has 1 N–H and O–H groups in total. The second-order valence-corrected chi connectivity index (χ2v) is 3.88. The van der Waals surface area contributed by atoms with Crippen LogP contribution in [0.2, 0.25) is 0 Å². The number of esters is 2. The lowest BCUT2D eigenvalue weighted by Gasteiger charge is -2.15. The highest BCUT2D eigenvalue weighted by atomic mass is 19.1. The van der Waals surface area contributed by atoms with Crippen LogP contribution in [0.15, 0.2) is 24.3 Å². The Hall–Kier alpha value is -2.15. The Labute approximate surface area is 122 Å². The Balaban J connectivity index is 2.54. The van der Waals surface area contributed by atoms with E-state index in [0.29, 0.717) is 5.69 Å². The molecular formula is C14H18FNO5. The molecule has 0 aliphatic heterocycles. The molecule has 116 valence electrons. The van der Waals surface area contributed by atoms with Crippen molar-refractivity contribution in [3.63, 3.8) is 0 Å². The van der Waals surface area contributed by atoms with Crippen LogP contribution in [0.25, 0.3) is 0 Å². The molecule has 0 radical (unpaired) electrons. The number of carbonyl (C=O) groups excluding carboxylic acids is 2. The van der Waals surface area contributed by atoms with E-state index in [-0.39, 0.29) is 25.8 Å². The number of halogens is 1. The van der Waals surface area contributed by atoms with Gasteiger partial charge in [-0.2, -0.15) is 0 Å². The van der Waals surface area contributed by atoms with Gasteiger partial charge >= 0.3 is 11.9 Å². The number of hydrogen-bond donors (Lipinski definition) is 1. The second-order valence-electron chi connectivity index (χ2n) is 3.88. The smallest absolute Gasteiger partial charge is 0.347 e. The summed E-state index contributed by atoms with van der Waals surface area (Å²) in [7, 11) is 0. The number of hydrogen-bond acceptors (Lipinski definition) is 6. The Morgan fingerprint density at radius 2 is 1.62 bits per heavy atom. The summed E-state index contributed by atoms with van der Waals surface area (Å²) >= 11 is 0. The Morgan fingerprint density at radius 3 is 2.10 bits per heavy atom. The minimum absolute atomic E-state index is 0.128. The van der Waals surface area contributed by atoms with E-state index in [1.54, 1.807) is 13.8 Å². The summed E-state index contributed by atoms with van der Waals surface area (Å²) in [5.41, 5.74) is 0.586. The minimum atomic E-state index is -1.45. The van der Waals surface area contributed by atoms with Crippen molar-refractivity contribution >= 4 is 17.6 Å². The summed E-state index contributed by atoms with van der Waals surface area (Å²) in [4.78, 5) is 23.2. The zero-order valence-corrected chi connectivity index (χ0v) is 11.9. The molecule has 0 aliphatic rings. The van der Waals surface area contributed by atoms with Crippen molar-refractivity contribution in [2.75, 3.05) is 25.3 Å². The van der Waals surface area contributed by atoms with Crippen molar-refractivity contribution in [2.24, 2.45) is 0 Å². The van der Waals surface area contributed by atoms with Crippen LogP contribution in [-0.4, -0.2) is 38.0 Å². The SMILES string of the molecule is CCOC(=O)C(OCNc1ccc(F)cc1)C(=O)OCC. The van der Waals surface area contributed by atoms with Crippen LogP contribution in [-0.2, 0) is 23.8 Å². The third kappa shape index (κ3) is 5.78. The lowest BCUT2D eigenvalue weighted by Crippen LogP contribution is -2.37. The number of benzene rings is 1. The average Bonchev–Trinajstić information content (AvgIpc) is 2.46. The molecule has 1 rings (SSSR count). The Kier molecular flexibility index (Phi) is 7.17. The fourth-order valence-electron chi connectivity index (χ4n) is 1.44. The van der Waals surface area contributed by atoms with Crippen molar-refractivity contribution in [3.05, 3.63) is 30.1 Å². The molecule has 0 unspecified atom stereocenters. The van der Waals surface area contributed by atoms with Gasteiger partial charge in [-0.25, -0.2) is 14.0 Å². The lowest BCUT2D eigenvalue weighted by atomic mass is 10.3. The number of carbonyl (C=O) groups is 2. The molecule has 7 heteroatoms. The molecule has 0 aromatic heterocycles. The van der Waals surface area contributed by atoms with E-state index in [4.69, 9.17) is 14.2 Å². The van der Waals surface area contributed by atoms with Crippen LogP contribution in [0.5, 0.6) is 0 Å². The molecule has 0 fully saturated rings. The van der Waals surface area contributed by atoms with Crippen LogP contribution in [0, 0.1) is 5.82 Å². The van der Waals surface area contributed by atoms with Crippen molar-refractivity contribution in [3.8, 4) is 0 Å². The van der Waals surface area contributed by atoms with E-state index in [0.717, 1.165) is 0 Å². The minimum Gasteiger partial charge on any atom is -0.464 e. The van der Waals surface area contributed by atoms with Crippen molar-refractivity contribution in [1.82, 2.24) is 0 Å². The predicted molar refractivity (Wildman–Crippen MR) is 73.0 cm³/mol.